The number of benzene rings is 1. The van der Waals surface area contributed by atoms with Crippen molar-refractivity contribution in [2.24, 2.45) is 0 Å². The van der Waals surface area contributed by atoms with Crippen LogP contribution >= 0.6 is 15.9 Å². The summed E-state index contributed by atoms with van der Waals surface area (Å²) < 4.78 is 17.3. The molecule has 0 radical (unpaired) electrons. The Hall–Kier alpha value is -1.83. The number of pyridine rings is 1. The first-order chi connectivity index (χ1) is 13.1. The lowest BCUT2D eigenvalue weighted by atomic mass is 10.2. The van der Waals surface area contributed by atoms with Crippen molar-refractivity contribution in [2.75, 3.05) is 38.8 Å². The predicted octanol–water partition coefficient (Wildman–Crippen LogP) is 3.38. The second kappa shape index (κ2) is 9.39. The van der Waals surface area contributed by atoms with Gasteiger partial charge < -0.3 is 24.4 Å². The Morgan fingerprint density at radius 3 is 2.67 bits per heavy atom. The molecule has 1 N–H and O–H groups in total. The fraction of sp³-hybridized carbons (Fsp3) is 0.450. The van der Waals surface area contributed by atoms with Crippen LogP contribution in [0.4, 0.5) is 5.82 Å². The largest absolute Gasteiger partial charge is 0.493 e. The van der Waals surface area contributed by atoms with E-state index in [0.717, 1.165) is 53.4 Å². The molecule has 1 unspecified atom stereocenters. The van der Waals surface area contributed by atoms with Gasteiger partial charge in [-0.05, 0) is 36.2 Å². The van der Waals surface area contributed by atoms with Gasteiger partial charge in [-0.1, -0.05) is 22.0 Å². The lowest BCUT2D eigenvalue weighted by molar-refractivity contribution is 0.0529. The van der Waals surface area contributed by atoms with E-state index in [1.54, 1.807) is 14.2 Å². The van der Waals surface area contributed by atoms with Gasteiger partial charge in [0.15, 0.2) is 11.5 Å². The maximum Gasteiger partial charge on any atom is 0.161 e. The van der Waals surface area contributed by atoms with E-state index >= 15 is 0 Å². The molecule has 1 aromatic carbocycles. The fourth-order valence-corrected chi connectivity index (χ4v) is 3.57. The number of aromatic nitrogens is 1. The summed E-state index contributed by atoms with van der Waals surface area (Å²) in [6.45, 7) is 6.08. The summed E-state index contributed by atoms with van der Waals surface area (Å²) in [6.07, 6.45) is 2.19. The Balaban J connectivity index is 1.56. The zero-order valence-corrected chi connectivity index (χ0v) is 17.6. The van der Waals surface area contributed by atoms with E-state index in [4.69, 9.17) is 14.2 Å². The van der Waals surface area contributed by atoms with Gasteiger partial charge in [0, 0.05) is 36.8 Å². The highest BCUT2D eigenvalue weighted by Crippen LogP contribution is 2.33. The molecule has 0 bridgehead atoms. The highest BCUT2D eigenvalue weighted by Gasteiger charge is 2.17. The second-order valence-electron chi connectivity index (χ2n) is 6.55. The van der Waals surface area contributed by atoms with Crippen LogP contribution in [-0.2, 0) is 17.8 Å². The first-order valence-corrected chi connectivity index (χ1v) is 9.82. The van der Waals surface area contributed by atoms with Crippen LogP contribution in [0.25, 0.3) is 0 Å². The van der Waals surface area contributed by atoms with Crippen molar-refractivity contribution < 1.29 is 14.2 Å². The summed E-state index contributed by atoms with van der Waals surface area (Å²) in [6, 6.07) is 8.12. The van der Waals surface area contributed by atoms with Gasteiger partial charge in [-0.3, -0.25) is 0 Å². The van der Waals surface area contributed by atoms with Crippen molar-refractivity contribution in [3.05, 3.63) is 46.1 Å². The molecular weight excluding hydrogens is 410 g/mol. The van der Waals surface area contributed by atoms with Crippen LogP contribution in [0.3, 0.4) is 0 Å². The molecule has 1 fully saturated rings. The molecule has 0 spiro atoms. The molecule has 7 heteroatoms. The quantitative estimate of drug-likeness (QED) is 0.719. The number of halogens is 1. The van der Waals surface area contributed by atoms with Gasteiger partial charge in [-0.25, -0.2) is 4.98 Å². The summed E-state index contributed by atoms with van der Waals surface area (Å²) in [5.41, 5.74) is 2.26. The van der Waals surface area contributed by atoms with E-state index in [1.807, 2.05) is 18.3 Å². The number of methoxy groups -OCH3 is 2. The minimum Gasteiger partial charge on any atom is -0.493 e. The van der Waals surface area contributed by atoms with Crippen LogP contribution in [0, 0.1) is 0 Å². The topological polar surface area (TPSA) is 55.9 Å². The van der Waals surface area contributed by atoms with Gasteiger partial charge >= 0.3 is 0 Å². The van der Waals surface area contributed by atoms with Gasteiger partial charge in [-0.2, -0.15) is 0 Å². The summed E-state index contributed by atoms with van der Waals surface area (Å²) in [7, 11) is 3.28. The maximum absolute atomic E-state index is 5.59. The number of nitrogens with zero attached hydrogens (tertiary/aromatic N) is 2. The van der Waals surface area contributed by atoms with Gasteiger partial charge in [0.25, 0.3) is 0 Å². The third kappa shape index (κ3) is 5.12. The number of anilines is 1. The maximum atomic E-state index is 5.59. The number of morpholine rings is 1. The third-order valence-corrected chi connectivity index (χ3v) is 5.31. The Morgan fingerprint density at radius 1 is 1.22 bits per heavy atom. The van der Waals surface area contributed by atoms with Gasteiger partial charge in [-0.15, -0.1) is 0 Å². The highest BCUT2D eigenvalue weighted by atomic mass is 79.9. The fourth-order valence-electron chi connectivity index (χ4n) is 3.11. The molecule has 1 aliphatic rings. The molecule has 1 aliphatic heterocycles. The number of nitrogens with one attached hydrogen (secondary N) is 1. The lowest BCUT2D eigenvalue weighted by Gasteiger charge is -2.32. The molecule has 0 aliphatic carbocycles. The normalized spacial score (nSPS) is 17.0. The van der Waals surface area contributed by atoms with Gasteiger partial charge in [0.2, 0.25) is 0 Å². The smallest absolute Gasteiger partial charge is 0.161 e. The standard InChI is InChI=1S/C20H26BrN3O3/c1-14-13-24(6-7-27-14)20-5-4-15(11-23-20)10-22-12-16-8-18(25-2)19(26-3)9-17(16)21/h4-5,8-9,11,14,22H,6-7,10,12-13H2,1-3H3. The summed E-state index contributed by atoms with van der Waals surface area (Å²) in [5.74, 6) is 2.45. The summed E-state index contributed by atoms with van der Waals surface area (Å²) in [4.78, 5) is 6.88. The first-order valence-electron chi connectivity index (χ1n) is 9.03. The molecule has 27 heavy (non-hydrogen) atoms. The van der Waals surface area contributed by atoms with Crippen molar-refractivity contribution in [3.63, 3.8) is 0 Å². The zero-order valence-electron chi connectivity index (χ0n) is 16.0. The Kier molecular flexibility index (Phi) is 6.93. The van der Waals surface area contributed by atoms with E-state index in [9.17, 15) is 0 Å². The molecule has 0 amide bonds. The second-order valence-corrected chi connectivity index (χ2v) is 7.41. The molecule has 0 saturated carbocycles. The van der Waals surface area contributed by atoms with Crippen LogP contribution in [0.15, 0.2) is 34.9 Å². The molecular formula is C20H26BrN3O3. The predicted molar refractivity (Wildman–Crippen MR) is 110 cm³/mol. The van der Waals surface area contributed by atoms with E-state index in [1.165, 1.54) is 0 Å². The summed E-state index contributed by atoms with van der Waals surface area (Å²) >= 11 is 3.59. The minimum atomic E-state index is 0.252. The van der Waals surface area contributed by atoms with E-state index < -0.39 is 0 Å². The lowest BCUT2D eigenvalue weighted by Crippen LogP contribution is -2.41. The number of ether oxygens (including phenoxy) is 3. The van der Waals surface area contributed by atoms with Crippen LogP contribution in [-0.4, -0.2) is 45.0 Å². The zero-order chi connectivity index (χ0) is 19.2. The third-order valence-electron chi connectivity index (χ3n) is 4.57. The minimum absolute atomic E-state index is 0.252. The van der Waals surface area contributed by atoms with Crippen molar-refractivity contribution in [1.82, 2.24) is 10.3 Å². The Labute approximate surface area is 169 Å². The van der Waals surface area contributed by atoms with E-state index in [0.29, 0.717) is 12.3 Å². The van der Waals surface area contributed by atoms with Crippen LogP contribution < -0.4 is 19.7 Å². The van der Waals surface area contributed by atoms with Crippen LogP contribution in [0.5, 0.6) is 11.5 Å². The average Bonchev–Trinajstić information content (AvgIpc) is 2.69. The van der Waals surface area contributed by atoms with Gasteiger partial charge in [0.05, 0.1) is 26.9 Å². The number of rotatable bonds is 7. The summed E-state index contributed by atoms with van der Waals surface area (Å²) in [5, 5.41) is 3.45. The molecule has 2 heterocycles. The SMILES string of the molecule is COc1cc(Br)c(CNCc2ccc(N3CCOC(C)C3)nc2)cc1OC. The first kappa shape index (κ1) is 19.9. The number of hydrogen-bond donors (Lipinski definition) is 1. The van der Waals surface area contributed by atoms with Crippen molar-refractivity contribution in [2.45, 2.75) is 26.1 Å². The van der Waals surface area contributed by atoms with E-state index in [-0.39, 0.29) is 6.10 Å². The molecule has 1 atom stereocenters. The van der Waals surface area contributed by atoms with Crippen molar-refractivity contribution in [1.29, 1.82) is 0 Å². The molecule has 6 nitrogen and oxygen atoms in total. The molecule has 3 rings (SSSR count). The molecule has 146 valence electrons. The van der Waals surface area contributed by atoms with Crippen LogP contribution in [0.1, 0.15) is 18.1 Å². The average molecular weight is 436 g/mol. The van der Waals surface area contributed by atoms with Crippen molar-refractivity contribution in [3.8, 4) is 11.5 Å². The molecule has 2 aromatic rings. The molecule has 1 aromatic heterocycles. The van der Waals surface area contributed by atoms with Crippen LogP contribution in [0.2, 0.25) is 0 Å². The monoisotopic (exact) mass is 435 g/mol. The molecule has 1 saturated heterocycles. The Morgan fingerprint density at radius 2 is 2.00 bits per heavy atom. The Bertz CT molecular complexity index is 755. The van der Waals surface area contributed by atoms with E-state index in [2.05, 4.69) is 50.2 Å². The number of hydrogen-bond acceptors (Lipinski definition) is 6. The van der Waals surface area contributed by atoms with Gasteiger partial charge in [0.1, 0.15) is 5.82 Å². The highest BCUT2D eigenvalue weighted by molar-refractivity contribution is 9.10. The van der Waals surface area contributed by atoms with Crippen molar-refractivity contribution >= 4 is 21.7 Å².